The van der Waals surface area contributed by atoms with Crippen LogP contribution in [0.5, 0.6) is 0 Å². The molecule has 0 bridgehead atoms. The van der Waals surface area contributed by atoms with Gasteiger partial charge in [-0.25, -0.2) is 0 Å². The van der Waals surface area contributed by atoms with Crippen LogP contribution in [-0.2, 0) is 0 Å². The molecule has 1 saturated carbocycles. The summed E-state index contributed by atoms with van der Waals surface area (Å²) in [6.45, 7) is 10.1. The molecule has 1 aliphatic carbocycles. The fraction of sp³-hybridized carbons (Fsp3) is 1.00. The molecular formula is C10H17F6N. The average molecular weight is 265 g/mol. The van der Waals surface area contributed by atoms with E-state index < -0.39 is 24.2 Å². The first-order valence-corrected chi connectivity index (χ1v) is 5.41. The van der Waals surface area contributed by atoms with Crippen molar-refractivity contribution in [1.82, 2.24) is 4.90 Å². The number of hydrogen-bond donors (Lipinski definition) is 0. The van der Waals surface area contributed by atoms with Crippen molar-refractivity contribution in [2.45, 2.75) is 45.0 Å². The summed E-state index contributed by atoms with van der Waals surface area (Å²) in [5.41, 5.74) is 0. The first-order chi connectivity index (χ1) is 7.55. The lowest BCUT2D eigenvalue weighted by molar-refractivity contribution is -0.396. The Morgan fingerprint density at radius 1 is 0.765 bits per heavy atom. The van der Waals surface area contributed by atoms with Crippen LogP contribution in [0.25, 0.3) is 0 Å². The topological polar surface area (TPSA) is 3.24 Å². The molecule has 1 fully saturated rings. The lowest BCUT2D eigenvalue weighted by atomic mass is 9.84. The summed E-state index contributed by atoms with van der Waals surface area (Å²) in [4.78, 5) is 2.38. The van der Waals surface area contributed by atoms with Crippen LogP contribution in [-0.4, -0.2) is 42.3 Å². The van der Waals surface area contributed by atoms with Crippen LogP contribution in [0.2, 0.25) is 0 Å². The van der Waals surface area contributed by atoms with Gasteiger partial charge in [-0.2, -0.15) is 26.3 Å². The predicted molar refractivity (Wildman–Crippen MR) is 52.9 cm³/mol. The van der Waals surface area contributed by atoms with Crippen LogP contribution in [0.4, 0.5) is 26.3 Å². The maximum absolute atomic E-state index is 11.6. The minimum absolute atomic E-state index is 1.19. The fourth-order valence-corrected chi connectivity index (χ4v) is 1.33. The summed E-state index contributed by atoms with van der Waals surface area (Å²) in [6.07, 6.45) is -2.05. The summed E-state index contributed by atoms with van der Waals surface area (Å²) in [6, 6.07) is 0. The van der Waals surface area contributed by atoms with E-state index in [2.05, 4.69) is 25.7 Å². The molecular weight excluding hydrogens is 248 g/mol. The summed E-state index contributed by atoms with van der Waals surface area (Å²) in [7, 11) is 0. The Bertz CT molecular complexity index is 215. The van der Waals surface area contributed by atoms with Gasteiger partial charge >= 0.3 is 17.8 Å². The normalized spacial score (nSPS) is 23.6. The second-order valence-electron chi connectivity index (χ2n) is 3.78. The van der Waals surface area contributed by atoms with E-state index in [0.717, 1.165) is 0 Å². The Hall–Kier alpha value is -0.460. The molecule has 0 spiro atoms. The van der Waals surface area contributed by atoms with E-state index in [-0.39, 0.29) is 0 Å². The van der Waals surface area contributed by atoms with Crippen LogP contribution in [0.1, 0.15) is 27.2 Å². The second-order valence-corrected chi connectivity index (χ2v) is 3.78. The highest BCUT2D eigenvalue weighted by molar-refractivity contribution is 5.09. The molecule has 1 nitrogen and oxygen atoms in total. The smallest absolute Gasteiger partial charge is 0.304 e. The van der Waals surface area contributed by atoms with E-state index in [1.165, 1.54) is 19.6 Å². The van der Waals surface area contributed by atoms with Gasteiger partial charge in [0.2, 0.25) is 0 Å². The van der Waals surface area contributed by atoms with Crippen LogP contribution >= 0.6 is 0 Å². The quantitative estimate of drug-likeness (QED) is 0.704. The molecule has 0 aliphatic heterocycles. The highest BCUT2D eigenvalue weighted by Gasteiger charge is 2.83. The SMILES string of the molecule is CCN(CC)CC.FC1(F)CC(F)(F)C1(F)F. The molecule has 0 heterocycles. The van der Waals surface area contributed by atoms with Gasteiger partial charge in [0.15, 0.2) is 0 Å². The van der Waals surface area contributed by atoms with Crippen molar-refractivity contribution in [3.8, 4) is 0 Å². The van der Waals surface area contributed by atoms with Crippen molar-refractivity contribution in [1.29, 1.82) is 0 Å². The summed E-state index contributed by atoms with van der Waals surface area (Å²) < 4.78 is 69.5. The third-order valence-corrected chi connectivity index (χ3v) is 2.70. The number of halogens is 6. The van der Waals surface area contributed by atoms with Gasteiger partial charge in [-0.3, -0.25) is 0 Å². The highest BCUT2D eigenvalue weighted by Crippen LogP contribution is 2.60. The number of hydrogen-bond acceptors (Lipinski definition) is 1. The van der Waals surface area contributed by atoms with Crippen molar-refractivity contribution >= 4 is 0 Å². The van der Waals surface area contributed by atoms with Gasteiger partial charge in [-0.15, -0.1) is 0 Å². The molecule has 0 aromatic heterocycles. The zero-order valence-electron chi connectivity index (χ0n) is 10.0. The van der Waals surface area contributed by atoms with Crippen molar-refractivity contribution < 1.29 is 26.3 Å². The molecule has 0 aromatic carbocycles. The lowest BCUT2D eigenvalue weighted by Crippen LogP contribution is -2.67. The van der Waals surface area contributed by atoms with Gasteiger partial charge in [0.05, 0.1) is 6.42 Å². The van der Waals surface area contributed by atoms with Crippen molar-refractivity contribution in [3.63, 3.8) is 0 Å². The van der Waals surface area contributed by atoms with Crippen molar-refractivity contribution in [2.24, 2.45) is 0 Å². The minimum Gasteiger partial charge on any atom is -0.304 e. The number of alkyl halides is 6. The fourth-order valence-electron chi connectivity index (χ4n) is 1.33. The Morgan fingerprint density at radius 3 is 1.06 bits per heavy atom. The van der Waals surface area contributed by atoms with Crippen molar-refractivity contribution in [2.75, 3.05) is 19.6 Å². The second kappa shape index (κ2) is 5.46. The van der Waals surface area contributed by atoms with E-state index in [1.807, 2.05) is 0 Å². The summed E-state index contributed by atoms with van der Waals surface area (Å²) in [5, 5.41) is 0. The third kappa shape index (κ3) is 3.26. The lowest BCUT2D eigenvalue weighted by Gasteiger charge is -2.42. The third-order valence-electron chi connectivity index (χ3n) is 2.70. The van der Waals surface area contributed by atoms with Gasteiger partial charge in [-0.1, -0.05) is 20.8 Å². The largest absolute Gasteiger partial charge is 0.372 e. The van der Waals surface area contributed by atoms with Crippen LogP contribution in [0.3, 0.4) is 0 Å². The van der Waals surface area contributed by atoms with Gasteiger partial charge < -0.3 is 4.90 Å². The molecule has 0 atom stereocenters. The number of rotatable bonds is 3. The monoisotopic (exact) mass is 265 g/mol. The molecule has 1 rings (SSSR count). The Balaban J connectivity index is 0.000000325. The Labute approximate surface area is 96.8 Å². The summed E-state index contributed by atoms with van der Waals surface area (Å²) in [5.74, 6) is -14.2. The first kappa shape index (κ1) is 16.5. The average Bonchev–Trinajstić information content (AvgIpc) is 2.19. The molecule has 0 saturated heterocycles. The van der Waals surface area contributed by atoms with E-state index in [4.69, 9.17) is 0 Å². The molecule has 7 heteroatoms. The van der Waals surface area contributed by atoms with E-state index >= 15 is 0 Å². The highest BCUT2D eigenvalue weighted by atomic mass is 19.4. The first-order valence-electron chi connectivity index (χ1n) is 5.41. The molecule has 0 radical (unpaired) electrons. The number of nitrogens with zero attached hydrogens (tertiary/aromatic N) is 1. The Morgan fingerprint density at radius 2 is 1.06 bits per heavy atom. The van der Waals surface area contributed by atoms with Crippen molar-refractivity contribution in [3.05, 3.63) is 0 Å². The molecule has 0 aromatic rings. The van der Waals surface area contributed by atoms with Gasteiger partial charge in [0, 0.05) is 0 Å². The van der Waals surface area contributed by atoms with E-state index in [0.29, 0.717) is 0 Å². The van der Waals surface area contributed by atoms with Gasteiger partial charge in [0.1, 0.15) is 0 Å². The standard InChI is InChI=1S/C6H15N.C4H2F6/c1-4-7(5-2)6-3;5-2(6)1-3(7,8)4(2,9)10/h4-6H2,1-3H3;1H2. The van der Waals surface area contributed by atoms with Gasteiger partial charge in [0.25, 0.3) is 0 Å². The molecule has 0 unspecified atom stereocenters. The molecule has 104 valence electrons. The van der Waals surface area contributed by atoms with Crippen LogP contribution in [0, 0.1) is 0 Å². The molecule has 17 heavy (non-hydrogen) atoms. The van der Waals surface area contributed by atoms with E-state index in [1.54, 1.807) is 0 Å². The van der Waals surface area contributed by atoms with E-state index in [9.17, 15) is 26.3 Å². The molecule has 0 N–H and O–H groups in total. The van der Waals surface area contributed by atoms with Gasteiger partial charge in [-0.05, 0) is 19.6 Å². The maximum Gasteiger partial charge on any atom is 0.372 e. The zero-order chi connectivity index (χ0) is 13.9. The minimum atomic E-state index is -5.15. The maximum atomic E-state index is 11.6. The Kier molecular flexibility index (Phi) is 5.31. The summed E-state index contributed by atoms with van der Waals surface area (Å²) >= 11 is 0. The van der Waals surface area contributed by atoms with Crippen LogP contribution in [0.15, 0.2) is 0 Å². The zero-order valence-corrected chi connectivity index (χ0v) is 10.0. The predicted octanol–water partition coefficient (Wildman–Crippen LogP) is 3.64. The van der Waals surface area contributed by atoms with Crippen LogP contribution < -0.4 is 0 Å². The molecule has 0 amide bonds. The molecule has 1 aliphatic rings.